The van der Waals surface area contributed by atoms with E-state index in [0.29, 0.717) is 0 Å². The molecule has 0 aromatic rings. The highest BCUT2D eigenvalue weighted by atomic mass is 19.1. The lowest BCUT2D eigenvalue weighted by Gasteiger charge is -2.39. The lowest BCUT2D eigenvalue weighted by Crippen LogP contribution is -2.63. The van der Waals surface area contributed by atoms with Gasteiger partial charge in [-0.25, -0.2) is 9.18 Å². The molecule has 0 radical (unpaired) electrons. The highest BCUT2D eigenvalue weighted by Gasteiger charge is 2.54. The van der Waals surface area contributed by atoms with Gasteiger partial charge >= 0.3 is 5.97 Å². The molecule has 0 saturated heterocycles. The molecule has 4 nitrogen and oxygen atoms in total. The molecule has 0 heterocycles. The van der Waals surface area contributed by atoms with Crippen molar-refractivity contribution < 1.29 is 14.3 Å². The van der Waals surface area contributed by atoms with E-state index in [4.69, 9.17) is 16.6 Å². The molecule has 0 rings (SSSR count). The summed E-state index contributed by atoms with van der Waals surface area (Å²) in [7, 11) is 0. The van der Waals surface area contributed by atoms with Gasteiger partial charge in [0, 0.05) is 12.0 Å². The zero-order valence-corrected chi connectivity index (χ0v) is 9.80. The molecule has 0 aromatic carbocycles. The number of nitrogens with two attached hydrogens (primary N) is 2. The van der Waals surface area contributed by atoms with Gasteiger partial charge in [0.25, 0.3) is 0 Å². The van der Waals surface area contributed by atoms with Crippen molar-refractivity contribution in [3.63, 3.8) is 0 Å². The largest absolute Gasteiger partial charge is 0.479 e. The van der Waals surface area contributed by atoms with Crippen molar-refractivity contribution in [3.05, 3.63) is 0 Å². The Bertz CT molecular complexity index is 248. The highest BCUT2D eigenvalue weighted by molar-refractivity contribution is 5.79. The predicted octanol–water partition coefficient (Wildman–Crippen LogP) is 1.03. The summed E-state index contributed by atoms with van der Waals surface area (Å²) in [6, 6.07) is 0. The number of carbonyl (C=O) groups is 1. The van der Waals surface area contributed by atoms with Crippen molar-refractivity contribution in [1.29, 1.82) is 0 Å². The number of carboxylic acid groups (broad SMARTS) is 1. The van der Waals surface area contributed by atoms with Crippen LogP contribution in [0.1, 0.15) is 40.5 Å². The standard InChI is InChI=1S/C10H21FN2O2/c1-5-9(4,13)10(11,7(14)15)6-8(2,3)12/h5-6,12-13H2,1-4H3,(H,14,15). The van der Waals surface area contributed by atoms with E-state index in [2.05, 4.69) is 0 Å². The molecule has 90 valence electrons. The summed E-state index contributed by atoms with van der Waals surface area (Å²) >= 11 is 0. The molecule has 0 aliphatic rings. The Labute approximate surface area is 89.8 Å². The maximum absolute atomic E-state index is 14.4. The molecule has 0 aliphatic heterocycles. The molecule has 2 unspecified atom stereocenters. The minimum atomic E-state index is -2.50. The summed E-state index contributed by atoms with van der Waals surface area (Å²) in [5, 5.41) is 8.95. The molecule has 15 heavy (non-hydrogen) atoms. The lowest BCUT2D eigenvalue weighted by molar-refractivity contribution is -0.158. The number of halogens is 1. The Morgan fingerprint density at radius 1 is 1.33 bits per heavy atom. The number of alkyl halides is 1. The summed E-state index contributed by atoms with van der Waals surface area (Å²) in [6.07, 6.45) is -0.0813. The van der Waals surface area contributed by atoms with Crippen LogP contribution >= 0.6 is 0 Å². The molecular formula is C10H21FN2O2. The molecule has 0 aromatic heterocycles. The SMILES string of the molecule is CCC(C)(N)C(F)(CC(C)(C)N)C(=O)O. The van der Waals surface area contributed by atoms with E-state index in [1.54, 1.807) is 20.8 Å². The van der Waals surface area contributed by atoms with Crippen molar-refractivity contribution in [3.8, 4) is 0 Å². The first kappa shape index (κ1) is 14.3. The van der Waals surface area contributed by atoms with Gasteiger partial charge in [0.2, 0.25) is 5.67 Å². The molecule has 0 spiro atoms. The lowest BCUT2D eigenvalue weighted by atomic mass is 9.74. The van der Waals surface area contributed by atoms with Gasteiger partial charge in [0.15, 0.2) is 0 Å². The van der Waals surface area contributed by atoms with Crippen LogP contribution in [-0.4, -0.2) is 27.8 Å². The number of aliphatic carboxylic acids is 1. The minimum Gasteiger partial charge on any atom is -0.479 e. The van der Waals surface area contributed by atoms with Gasteiger partial charge in [0.1, 0.15) is 0 Å². The first-order chi connectivity index (χ1) is 6.46. The predicted molar refractivity (Wildman–Crippen MR) is 57.2 cm³/mol. The van der Waals surface area contributed by atoms with Gasteiger partial charge in [-0.1, -0.05) is 6.92 Å². The van der Waals surface area contributed by atoms with E-state index in [-0.39, 0.29) is 12.8 Å². The Hall–Kier alpha value is -0.680. The summed E-state index contributed by atoms with van der Waals surface area (Å²) < 4.78 is 14.4. The monoisotopic (exact) mass is 220 g/mol. The van der Waals surface area contributed by atoms with Gasteiger partial charge in [-0.2, -0.15) is 0 Å². The number of rotatable bonds is 5. The van der Waals surface area contributed by atoms with E-state index >= 15 is 0 Å². The van der Waals surface area contributed by atoms with Crippen LogP contribution in [0.4, 0.5) is 4.39 Å². The molecule has 0 aliphatic carbocycles. The zero-order valence-electron chi connectivity index (χ0n) is 9.80. The second kappa shape index (κ2) is 4.06. The molecule has 0 fully saturated rings. The fourth-order valence-corrected chi connectivity index (χ4v) is 1.43. The Kier molecular flexibility index (Phi) is 3.87. The van der Waals surface area contributed by atoms with Gasteiger partial charge in [-0.3, -0.25) is 0 Å². The summed E-state index contributed by atoms with van der Waals surface area (Å²) in [6.45, 7) is 6.21. The normalized spacial score (nSPS) is 20.5. The van der Waals surface area contributed by atoms with Crippen LogP contribution in [0.15, 0.2) is 0 Å². The first-order valence-electron chi connectivity index (χ1n) is 4.96. The maximum atomic E-state index is 14.4. The van der Waals surface area contributed by atoms with Crippen molar-refractivity contribution in [1.82, 2.24) is 0 Å². The number of carboxylic acids is 1. The number of hydrogen-bond acceptors (Lipinski definition) is 3. The smallest absolute Gasteiger partial charge is 0.343 e. The quantitative estimate of drug-likeness (QED) is 0.645. The molecule has 5 N–H and O–H groups in total. The van der Waals surface area contributed by atoms with Crippen LogP contribution in [0.25, 0.3) is 0 Å². The zero-order chi connectivity index (χ0) is 12.5. The van der Waals surface area contributed by atoms with Crippen molar-refractivity contribution in [2.45, 2.75) is 57.3 Å². The first-order valence-corrected chi connectivity index (χ1v) is 4.96. The molecule has 2 atom stereocenters. The minimum absolute atomic E-state index is 0.228. The third kappa shape index (κ3) is 3.14. The Balaban J connectivity index is 5.18. The summed E-state index contributed by atoms with van der Waals surface area (Å²) in [5.74, 6) is -1.55. The van der Waals surface area contributed by atoms with Crippen LogP contribution in [0, 0.1) is 0 Å². The topological polar surface area (TPSA) is 89.3 Å². The van der Waals surface area contributed by atoms with Crippen molar-refractivity contribution in [2.75, 3.05) is 0 Å². The molecular weight excluding hydrogens is 199 g/mol. The molecule has 5 heteroatoms. The second-order valence-electron chi connectivity index (χ2n) is 5.04. The number of hydrogen-bond donors (Lipinski definition) is 3. The van der Waals surface area contributed by atoms with E-state index in [0.717, 1.165) is 0 Å². The van der Waals surface area contributed by atoms with E-state index in [1.165, 1.54) is 6.92 Å². The second-order valence-corrected chi connectivity index (χ2v) is 5.04. The van der Waals surface area contributed by atoms with Crippen molar-refractivity contribution in [2.24, 2.45) is 11.5 Å². The molecule has 0 saturated carbocycles. The van der Waals surface area contributed by atoms with Crippen molar-refractivity contribution >= 4 is 5.97 Å². The van der Waals surface area contributed by atoms with Crippen LogP contribution in [-0.2, 0) is 4.79 Å². The Morgan fingerprint density at radius 3 is 1.93 bits per heavy atom. The average molecular weight is 220 g/mol. The summed E-state index contributed by atoms with van der Waals surface area (Å²) in [5.41, 5.74) is 6.51. The third-order valence-corrected chi connectivity index (χ3v) is 2.68. The van der Waals surface area contributed by atoms with Crippen LogP contribution in [0.5, 0.6) is 0 Å². The molecule has 0 bridgehead atoms. The van der Waals surface area contributed by atoms with E-state index < -0.39 is 22.7 Å². The highest BCUT2D eigenvalue weighted by Crippen LogP contribution is 2.34. The van der Waals surface area contributed by atoms with Gasteiger partial charge in [-0.15, -0.1) is 0 Å². The fourth-order valence-electron chi connectivity index (χ4n) is 1.43. The van der Waals surface area contributed by atoms with Gasteiger partial charge < -0.3 is 16.6 Å². The Morgan fingerprint density at radius 2 is 1.73 bits per heavy atom. The van der Waals surface area contributed by atoms with Gasteiger partial charge in [-0.05, 0) is 27.2 Å². The molecule has 0 amide bonds. The average Bonchev–Trinajstić information content (AvgIpc) is 2.00. The third-order valence-electron chi connectivity index (χ3n) is 2.68. The maximum Gasteiger partial charge on any atom is 0.343 e. The van der Waals surface area contributed by atoms with Crippen LogP contribution in [0.3, 0.4) is 0 Å². The van der Waals surface area contributed by atoms with Crippen LogP contribution < -0.4 is 11.5 Å². The van der Waals surface area contributed by atoms with Gasteiger partial charge in [0.05, 0.1) is 5.54 Å². The van der Waals surface area contributed by atoms with E-state index in [1.807, 2.05) is 0 Å². The fraction of sp³-hybridized carbons (Fsp3) is 0.900. The van der Waals surface area contributed by atoms with E-state index in [9.17, 15) is 9.18 Å². The summed E-state index contributed by atoms with van der Waals surface area (Å²) in [4.78, 5) is 11.0. The van der Waals surface area contributed by atoms with Crippen LogP contribution in [0.2, 0.25) is 0 Å².